The molecule has 3 aromatic rings. The number of hydrogen-bond donors (Lipinski definition) is 4. The van der Waals surface area contributed by atoms with Crippen LogP contribution in [0.3, 0.4) is 0 Å². The summed E-state index contributed by atoms with van der Waals surface area (Å²) in [7, 11) is 4.63. The molecular weight excluding hydrogens is 624 g/mol. The second-order valence-electron chi connectivity index (χ2n) is 11.1. The summed E-state index contributed by atoms with van der Waals surface area (Å²) in [5, 5.41) is 11.8. The lowest BCUT2D eigenvalue weighted by Crippen LogP contribution is -2.36. The second kappa shape index (κ2) is 14.7. The molecule has 1 aliphatic carbocycles. The number of amides is 3. The molecule has 0 fully saturated rings. The zero-order valence-electron chi connectivity index (χ0n) is 26.9. The van der Waals surface area contributed by atoms with Crippen LogP contribution in [0.25, 0.3) is 11.1 Å². The Morgan fingerprint density at radius 3 is 2.53 bits per heavy atom. The van der Waals surface area contributed by atoms with Gasteiger partial charge < -0.3 is 40.2 Å². The first-order valence-electron chi connectivity index (χ1n) is 15.1. The molecule has 0 aromatic heterocycles. The number of aryl methyl sites for hydroxylation is 1. The zero-order valence-corrected chi connectivity index (χ0v) is 27.7. The number of ether oxygens (including phenoxy) is 4. The van der Waals surface area contributed by atoms with E-state index in [0.29, 0.717) is 70.5 Å². The van der Waals surface area contributed by atoms with E-state index in [1.165, 1.54) is 20.1 Å². The third kappa shape index (κ3) is 7.25. The quantitative estimate of drug-likeness (QED) is 0.233. The van der Waals surface area contributed by atoms with Crippen molar-refractivity contribution < 1.29 is 33.3 Å². The van der Waals surface area contributed by atoms with Gasteiger partial charge >= 0.3 is 0 Å². The van der Waals surface area contributed by atoms with Crippen LogP contribution in [0.2, 0.25) is 0 Å². The molecule has 3 amide bonds. The van der Waals surface area contributed by atoms with Crippen molar-refractivity contribution >= 4 is 46.5 Å². The Hall–Kier alpha value is -4.91. The number of thioether (sulfide) groups is 1. The highest BCUT2D eigenvalue weighted by Gasteiger charge is 2.30. The monoisotopic (exact) mass is 662 g/mol. The molecule has 13 heteroatoms. The summed E-state index contributed by atoms with van der Waals surface area (Å²) in [4.78, 5) is 51.4. The van der Waals surface area contributed by atoms with Crippen LogP contribution in [0, 0.1) is 0 Å². The van der Waals surface area contributed by atoms with Gasteiger partial charge in [-0.05, 0) is 78.3 Å². The maximum Gasteiger partial charge on any atom is 0.262 e. The molecule has 0 spiro atoms. The SMILES string of the molecule is COc1cc2c(c(OC)c1OC)-c1ccc(N[C@@H](CCSC)C(=O)Nc3ccc4c(c3)OCC(=O)N4)c(=O)cc1[C@@H](NC(C)=O)CC2. The van der Waals surface area contributed by atoms with E-state index in [1.54, 1.807) is 50.2 Å². The molecule has 1 aliphatic heterocycles. The Morgan fingerprint density at radius 2 is 1.83 bits per heavy atom. The number of nitrogens with one attached hydrogen (secondary N) is 4. The predicted molar refractivity (Wildman–Crippen MR) is 182 cm³/mol. The maximum absolute atomic E-state index is 13.9. The van der Waals surface area contributed by atoms with E-state index < -0.39 is 12.1 Å². The predicted octanol–water partition coefficient (Wildman–Crippen LogP) is 4.37. The summed E-state index contributed by atoms with van der Waals surface area (Å²) < 4.78 is 22.6. The standard InChI is InChI=1S/C34H38N4O8S/c1-18(39)35-23-9-6-19-14-29(43-2)32(44-3)33(45-4)31(19)21-8-11-24(27(40)16-22(21)23)37-26(12-13-47-5)34(42)36-20-7-10-25-28(15-20)46-17-30(41)38-25/h7-8,10-11,14-16,23,26H,6,9,12-13,17H2,1-5H3,(H,35,39)(H,36,42)(H,37,40)(H,38,41)/t23-,26-/m0/s1. The van der Waals surface area contributed by atoms with Crippen LogP contribution in [-0.4, -0.2) is 63.7 Å². The lowest BCUT2D eigenvalue weighted by atomic mass is 9.95. The first-order valence-corrected chi connectivity index (χ1v) is 16.5. The van der Waals surface area contributed by atoms with Gasteiger partial charge in [0, 0.05) is 24.2 Å². The fourth-order valence-electron chi connectivity index (χ4n) is 5.90. The highest BCUT2D eigenvalue weighted by atomic mass is 32.2. The van der Waals surface area contributed by atoms with E-state index in [-0.39, 0.29) is 35.4 Å². The Kier molecular flexibility index (Phi) is 10.4. The van der Waals surface area contributed by atoms with Crippen molar-refractivity contribution in [3.8, 4) is 34.1 Å². The Balaban J connectivity index is 1.55. The van der Waals surface area contributed by atoms with Gasteiger partial charge in [-0.25, -0.2) is 0 Å². The molecule has 5 rings (SSSR count). The Bertz CT molecular complexity index is 1770. The smallest absolute Gasteiger partial charge is 0.262 e. The molecule has 4 N–H and O–H groups in total. The van der Waals surface area contributed by atoms with Crippen molar-refractivity contribution in [1.82, 2.24) is 5.32 Å². The molecular formula is C34H38N4O8S. The van der Waals surface area contributed by atoms with Gasteiger partial charge in [0.25, 0.3) is 5.91 Å². The van der Waals surface area contributed by atoms with Crippen LogP contribution < -0.4 is 45.6 Å². The van der Waals surface area contributed by atoms with E-state index in [0.717, 1.165) is 11.1 Å². The van der Waals surface area contributed by atoms with Gasteiger partial charge in [-0.1, -0.05) is 6.07 Å². The minimum Gasteiger partial charge on any atom is -0.493 e. The minimum atomic E-state index is -0.758. The van der Waals surface area contributed by atoms with Crippen molar-refractivity contribution in [2.24, 2.45) is 0 Å². The van der Waals surface area contributed by atoms with Crippen LogP contribution >= 0.6 is 11.8 Å². The summed E-state index contributed by atoms with van der Waals surface area (Å²) in [6.07, 6.45) is 3.48. The molecule has 248 valence electrons. The maximum atomic E-state index is 13.9. The van der Waals surface area contributed by atoms with Crippen molar-refractivity contribution in [2.75, 3.05) is 55.9 Å². The number of hydrogen-bond acceptors (Lipinski definition) is 10. The molecule has 3 aromatic carbocycles. The van der Waals surface area contributed by atoms with Crippen molar-refractivity contribution in [3.05, 3.63) is 63.8 Å². The topological polar surface area (TPSA) is 153 Å². The zero-order chi connectivity index (χ0) is 33.7. The molecule has 12 nitrogen and oxygen atoms in total. The number of carbonyl (C=O) groups is 3. The van der Waals surface area contributed by atoms with Gasteiger partial charge in [-0.2, -0.15) is 11.8 Å². The molecule has 2 aliphatic rings. The number of anilines is 3. The summed E-state index contributed by atoms with van der Waals surface area (Å²) in [6.45, 7) is 1.33. The number of fused-ring (bicyclic) bond motifs is 4. The van der Waals surface area contributed by atoms with Crippen molar-refractivity contribution in [2.45, 2.75) is 38.3 Å². The molecule has 0 saturated heterocycles. The summed E-state index contributed by atoms with van der Waals surface area (Å²) in [6, 6.07) is 10.6. The van der Waals surface area contributed by atoms with E-state index >= 15 is 0 Å². The van der Waals surface area contributed by atoms with Gasteiger partial charge in [-0.15, -0.1) is 0 Å². The Labute approximate surface area is 276 Å². The van der Waals surface area contributed by atoms with Gasteiger partial charge in [0.1, 0.15) is 11.8 Å². The third-order valence-corrected chi connectivity index (χ3v) is 8.70. The highest BCUT2D eigenvalue weighted by molar-refractivity contribution is 7.98. The molecule has 47 heavy (non-hydrogen) atoms. The van der Waals surface area contributed by atoms with Crippen LogP contribution in [0.15, 0.2) is 47.3 Å². The number of benzene rings is 2. The van der Waals surface area contributed by atoms with Crippen molar-refractivity contribution in [3.63, 3.8) is 0 Å². The number of carbonyl (C=O) groups excluding carboxylic acids is 3. The van der Waals surface area contributed by atoms with E-state index in [4.69, 9.17) is 18.9 Å². The fraction of sp³-hybridized carbons (Fsp3) is 0.353. The highest BCUT2D eigenvalue weighted by Crippen LogP contribution is 2.50. The second-order valence-corrected chi connectivity index (χ2v) is 12.1. The first kappa shape index (κ1) is 33.5. The number of rotatable bonds is 11. The van der Waals surface area contributed by atoms with E-state index in [1.807, 2.05) is 18.4 Å². The van der Waals surface area contributed by atoms with Crippen LogP contribution in [0.4, 0.5) is 17.1 Å². The van der Waals surface area contributed by atoms with Crippen molar-refractivity contribution in [1.29, 1.82) is 0 Å². The van der Waals surface area contributed by atoms with Crippen LogP contribution in [-0.2, 0) is 20.8 Å². The Morgan fingerprint density at radius 1 is 1.04 bits per heavy atom. The minimum absolute atomic E-state index is 0.108. The molecule has 0 radical (unpaired) electrons. The normalized spacial score (nSPS) is 15.3. The lowest BCUT2D eigenvalue weighted by Gasteiger charge is -2.21. The average molecular weight is 663 g/mol. The van der Waals surface area contributed by atoms with Crippen LogP contribution in [0.1, 0.15) is 36.9 Å². The summed E-state index contributed by atoms with van der Waals surface area (Å²) in [5.74, 6) is 1.66. The molecule has 0 bridgehead atoms. The lowest BCUT2D eigenvalue weighted by molar-refractivity contribution is -0.120. The summed E-state index contributed by atoms with van der Waals surface area (Å²) in [5.41, 5.74) is 3.84. The van der Waals surface area contributed by atoms with Gasteiger partial charge in [0.2, 0.25) is 23.0 Å². The van der Waals surface area contributed by atoms with E-state index in [9.17, 15) is 19.2 Å². The molecule has 2 atom stereocenters. The third-order valence-electron chi connectivity index (χ3n) is 8.05. The summed E-state index contributed by atoms with van der Waals surface area (Å²) >= 11 is 1.58. The molecule has 0 saturated carbocycles. The molecule has 1 heterocycles. The van der Waals surface area contributed by atoms with Gasteiger partial charge in [-0.3, -0.25) is 19.2 Å². The average Bonchev–Trinajstić information content (AvgIpc) is 3.30. The van der Waals surface area contributed by atoms with Gasteiger partial charge in [0.15, 0.2) is 18.1 Å². The fourth-order valence-corrected chi connectivity index (χ4v) is 6.37. The molecule has 0 unspecified atom stereocenters. The largest absolute Gasteiger partial charge is 0.493 e. The van der Waals surface area contributed by atoms with Gasteiger partial charge in [0.05, 0.1) is 38.7 Å². The number of methoxy groups -OCH3 is 3. The van der Waals surface area contributed by atoms with E-state index in [2.05, 4.69) is 21.3 Å². The first-order chi connectivity index (χ1) is 22.7. The van der Waals surface area contributed by atoms with Crippen LogP contribution in [0.5, 0.6) is 23.0 Å².